The summed E-state index contributed by atoms with van der Waals surface area (Å²) < 4.78 is 0.954. The van der Waals surface area contributed by atoms with E-state index < -0.39 is 0 Å². The summed E-state index contributed by atoms with van der Waals surface area (Å²) >= 11 is 0. The molecule has 102 valence electrons. The van der Waals surface area contributed by atoms with Crippen molar-refractivity contribution in [3.05, 3.63) is 12.2 Å². The van der Waals surface area contributed by atoms with Crippen LogP contribution in [0.25, 0.3) is 0 Å². The molecule has 1 N–H and O–H groups in total. The van der Waals surface area contributed by atoms with Crippen molar-refractivity contribution in [3.8, 4) is 0 Å². The minimum atomic E-state index is -0.0407. The lowest BCUT2D eigenvalue weighted by molar-refractivity contribution is -0.935. The predicted molar refractivity (Wildman–Crippen MR) is 69.2 cm³/mol. The molecule has 0 aromatic rings. The maximum Gasteiger partial charge on any atom is 0.246 e. The average molecular weight is 263 g/mol. The van der Waals surface area contributed by atoms with Crippen LogP contribution in [-0.4, -0.2) is 43.1 Å². The Morgan fingerprint density at radius 1 is 1.29 bits per heavy atom. The van der Waals surface area contributed by atoms with Gasteiger partial charge in [0.2, 0.25) is 5.91 Å². The van der Waals surface area contributed by atoms with Crippen molar-refractivity contribution < 1.29 is 21.7 Å². The fourth-order valence-corrected chi connectivity index (χ4v) is 1.16. The van der Waals surface area contributed by atoms with Crippen LogP contribution in [0.3, 0.4) is 0 Å². The van der Waals surface area contributed by atoms with Gasteiger partial charge in [0.05, 0.1) is 26.2 Å². The lowest BCUT2D eigenvalue weighted by Gasteiger charge is -2.42. The molecule has 0 saturated heterocycles. The van der Waals surface area contributed by atoms with Gasteiger partial charge in [-0.3, -0.25) is 4.79 Å². The SMILES string of the molecule is C=C(C)C(=O)NCCC[N+](C)(C)C(C)(C)C.[Cl-]. The Hall–Kier alpha value is -0.540. The molecule has 17 heavy (non-hydrogen) atoms. The summed E-state index contributed by atoms with van der Waals surface area (Å²) in [5.41, 5.74) is 0.808. The van der Waals surface area contributed by atoms with Crippen molar-refractivity contribution in [2.75, 3.05) is 27.2 Å². The molecule has 0 aliphatic rings. The summed E-state index contributed by atoms with van der Waals surface area (Å²) in [6.07, 6.45) is 0.989. The molecule has 0 aliphatic carbocycles. The summed E-state index contributed by atoms with van der Waals surface area (Å²) in [4.78, 5) is 11.2. The topological polar surface area (TPSA) is 29.1 Å². The Kier molecular flexibility index (Phi) is 7.77. The largest absolute Gasteiger partial charge is 1.00 e. The van der Waals surface area contributed by atoms with E-state index >= 15 is 0 Å². The minimum absolute atomic E-state index is 0. The highest BCUT2D eigenvalue weighted by Crippen LogP contribution is 2.18. The van der Waals surface area contributed by atoms with Crippen LogP contribution in [0.5, 0.6) is 0 Å². The van der Waals surface area contributed by atoms with E-state index in [1.165, 1.54) is 0 Å². The van der Waals surface area contributed by atoms with Crippen LogP contribution in [0.15, 0.2) is 12.2 Å². The fraction of sp³-hybridized carbons (Fsp3) is 0.769. The van der Waals surface area contributed by atoms with E-state index in [2.05, 4.69) is 46.8 Å². The highest BCUT2D eigenvalue weighted by Gasteiger charge is 2.30. The molecule has 0 atom stereocenters. The Morgan fingerprint density at radius 2 is 1.76 bits per heavy atom. The number of halogens is 1. The molecule has 0 aromatic heterocycles. The van der Waals surface area contributed by atoms with Crippen molar-refractivity contribution in [2.45, 2.75) is 39.7 Å². The number of nitrogens with zero attached hydrogens (tertiary/aromatic N) is 1. The maximum atomic E-state index is 11.2. The molecule has 0 fully saturated rings. The van der Waals surface area contributed by atoms with E-state index in [0.717, 1.165) is 24.0 Å². The zero-order valence-electron chi connectivity index (χ0n) is 12.1. The van der Waals surface area contributed by atoms with Gasteiger partial charge in [-0.2, -0.15) is 0 Å². The van der Waals surface area contributed by atoms with Crippen molar-refractivity contribution in [1.29, 1.82) is 0 Å². The molecule has 4 heteroatoms. The smallest absolute Gasteiger partial charge is 0.246 e. The third kappa shape index (κ3) is 6.69. The third-order valence-electron chi connectivity index (χ3n) is 3.38. The van der Waals surface area contributed by atoms with E-state index in [1.54, 1.807) is 6.92 Å². The van der Waals surface area contributed by atoms with Gasteiger partial charge >= 0.3 is 0 Å². The number of hydrogen-bond donors (Lipinski definition) is 1. The first-order chi connectivity index (χ1) is 7.08. The highest BCUT2D eigenvalue weighted by atomic mass is 35.5. The van der Waals surface area contributed by atoms with Crippen LogP contribution in [0.2, 0.25) is 0 Å². The Morgan fingerprint density at radius 3 is 2.12 bits per heavy atom. The van der Waals surface area contributed by atoms with E-state index in [-0.39, 0.29) is 23.9 Å². The summed E-state index contributed by atoms with van der Waals surface area (Å²) in [5.74, 6) is -0.0407. The third-order valence-corrected chi connectivity index (χ3v) is 3.38. The molecule has 0 heterocycles. The molecular weight excluding hydrogens is 236 g/mol. The Labute approximate surface area is 112 Å². The Bertz CT molecular complexity index is 267. The van der Waals surface area contributed by atoms with Gasteiger partial charge in [-0.1, -0.05) is 6.58 Å². The number of carbonyl (C=O) groups is 1. The van der Waals surface area contributed by atoms with Crippen LogP contribution in [-0.2, 0) is 4.79 Å². The number of nitrogens with one attached hydrogen (secondary N) is 1. The highest BCUT2D eigenvalue weighted by molar-refractivity contribution is 5.91. The summed E-state index contributed by atoms with van der Waals surface area (Å²) in [6.45, 7) is 13.8. The second kappa shape index (κ2) is 7.02. The molecule has 0 aliphatic heterocycles. The lowest BCUT2D eigenvalue weighted by atomic mass is 10.0. The summed E-state index contributed by atoms with van der Waals surface area (Å²) in [7, 11) is 4.45. The summed E-state index contributed by atoms with van der Waals surface area (Å²) in [5, 5.41) is 2.86. The molecule has 0 saturated carbocycles. The Balaban J connectivity index is 0. The van der Waals surface area contributed by atoms with Gasteiger partial charge in [0.25, 0.3) is 0 Å². The van der Waals surface area contributed by atoms with Gasteiger partial charge in [-0.05, 0) is 27.7 Å². The number of carbonyl (C=O) groups excluding carboxylic acids is 1. The lowest BCUT2D eigenvalue weighted by Crippen LogP contribution is -3.00. The molecule has 0 aromatic carbocycles. The van der Waals surface area contributed by atoms with E-state index in [9.17, 15) is 4.79 Å². The molecule has 0 rings (SSSR count). The molecule has 0 unspecified atom stereocenters. The quantitative estimate of drug-likeness (QED) is 0.382. The first kappa shape index (κ1) is 18.8. The number of amides is 1. The molecule has 0 spiro atoms. The second-order valence-electron chi connectivity index (χ2n) is 5.97. The van der Waals surface area contributed by atoms with Gasteiger partial charge in [0.1, 0.15) is 0 Å². The van der Waals surface area contributed by atoms with Gasteiger partial charge in [0.15, 0.2) is 0 Å². The van der Waals surface area contributed by atoms with Crippen LogP contribution >= 0.6 is 0 Å². The van der Waals surface area contributed by atoms with Gasteiger partial charge in [-0.25, -0.2) is 0 Å². The fourth-order valence-electron chi connectivity index (χ4n) is 1.16. The zero-order valence-corrected chi connectivity index (χ0v) is 12.8. The van der Waals surface area contributed by atoms with E-state index in [4.69, 9.17) is 0 Å². The van der Waals surface area contributed by atoms with Crippen LogP contribution in [0.4, 0.5) is 0 Å². The second-order valence-corrected chi connectivity index (χ2v) is 5.97. The predicted octanol–water partition coefficient (Wildman–Crippen LogP) is -1.05. The molecular formula is C13H27ClN2O. The monoisotopic (exact) mass is 262 g/mol. The number of rotatable bonds is 5. The zero-order chi connectivity index (χ0) is 13.0. The molecule has 1 amide bonds. The molecule has 3 nitrogen and oxygen atoms in total. The molecule has 0 bridgehead atoms. The van der Waals surface area contributed by atoms with Crippen LogP contribution in [0.1, 0.15) is 34.1 Å². The first-order valence-electron chi connectivity index (χ1n) is 5.85. The average Bonchev–Trinajstić information content (AvgIpc) is 2.09. The van der Waals surface area contributed by atoms with Crippen molar-refractivity contribution in [2.24, 2.45) is 0 Å². The standard InChI is InChI=1S/C13H26N2O.ClH/c1-11(2)12(16)14-9-8-10-15(6,7)13(3,4)5;/h1,8-10H2,2-7H3;1H. The van der Waals surface area contributed by atoms with E-state index in [0.29, 0.717) is 5.57 Å². The van der Waals surface area contributed by atoms with Crippen molar-refractivity contribution in [3.63, 3.8) is 0 Å². The maximum absolute atomic E-state index is 11.2. The van der Waals surface area contributed by atoms with Gasteiger partial charge in [0, 0.05) is 18.5 Å². The first-order valence-corrected chi connectivity index (χ1v) is 5.85. The normalized spacial score (nSPS) is 11.6. The van der Waals surface area contributed by atoms with Crippen LogP contribution < -0.4 is 17.7 Å². The minimum Gasteiger partial charge on any atom is -1.00 e. The van der Waals surface area contributed by atoms with Crippen molar-refractivity contribution in [1.82, 2.24) is 5.32 Å². The number of hydrogen-bond acceptors (Lipinski definition) is 1. The van der Waals surface area contributed by atoms with Crippen LogP contribution in [0, 0.1) is 0 Å². The van der Waals surface area contributed by atoms with Gasteiger partial charge < -0.3 is 22.2 Å². The number of quaternary nitrogens is 1. The van der Waals surface area contributed by atoms with Gasteiger partial charge in [-0.15, -0.1) is 0 Å². The van der Waals surface area contributed by atoms with E-state index in [1.807, 2.05) is 0 Å². The molecule has 0 radical (unpaired) electrons. The van der Waals surface area contributed by atoms with Crippen molar-refractivity contribution >= 4 is 5.91 Å². The summed E-state index contributed by atoms with van der Waals surface area (Å²) in [6, 6.07) is 0.